The number of benzene rings is 1. The number of amides is 2. The van der Waals surface area contributed by atoms with Crippen LogP contribution in [0.3, 0.4) is 0 Å². The Hall–Kier alpha value is -2.05. The Bertz CT molecular complexity index is 608. The van der Waals surface area contributed by atoms with Crippen LogP contribution in [-0.4, -0.2) is 18.4 Å². The van der Waals surface area contributed by atoms with Crippen LogP contribution in [-0.2, 0) is 15.8 Å². The lowest BCUT2D eigenvalue weighted by Gasteiger charge is -2.17. The summed E-state index contributed by atoms with van der Waals surface area (Å²) < 4.78 is 38.0. The van der Waals surface area contributed by atoms with E-state index in [9.17, 15) is 22.8 Å². The predicted octanol–water partition coefficient (Wildman–Crippen LogP) is 3.20. The lowest BCUT2D eigenvalue weighted by Crippen LogP contribution is -2.41. The van der Waals surface area contributed by atoms with E-state index in [0.717, 1.165) is 12.1 Å². The second kappa shape index (κ2) is 6.22. The molecule has 2 rings (SSSR count). The second-order valence-corrected chi connectivity index (χ2v) is 6.22. The van der Waals surface area contributed by atoms with Gasteiger partial charge >= 0.3 is 6.18 Å². The molecule has 2 N–H and O–H groups in total. The van der Waals surface area contributed by atoms with Crippen molar-refractivity contribution in [1.29, 1.82) is 0 Å². The SMILES string of the molecule is CC(C)CNC(=O)C1(C(=O)Nc2cccc(C(F)(F)F)c2)CC1. The minimum atomic E-state index is -4.48. The van der Waals surface area contributed by atoms with Crippen molar-refractivity contribution in [1.82, 2.24) is 5.32 Å². The second-order valence-electron chi connectivity index (χ2n) is 6.22. The Morgan fingerprint density at radius 2 is 1.87 bits per heavy atom. The van der Waals surface area contributed by atoms with Gasteiger partial charge in [-0.15, -0.1) is 0 Å². The van der Waals surface area contributed by atoms with Gasteiger partial charge in [-0.2, -0.15) is 13.2 Å². The number of carbonyl (C=O) groups excluding carboxylic acids is 2. The Labute approximate surface area is 132 Å². The topological polar surface area (TPSA) is 58.2 Å². The van der Waals surface area contributed by atoms with Crippen LogP contribution in [0.1, 0.15) is 32.3 Å². The first kappa shape index (κ1) is 17.3. The van der Waals surface area contributed by atoms with Crippen LogP contribution >= 0.6 is 0 Å². The summed E-state index contributed by atoms with van der Waals surface area (Å²) in [6.07, 6.45) is -3.67. The van der Waals surface area contributed by atoms with Crippen molar-refractivity contribution >= 4 is 17.5 Å². The zero-order chi connectivity index (χ0) is 17.3. The zero-order valence-electron chi connectivity index (χ0n) is 13.0. The quantitative estimate of drug-likeness (QED) is 0.816. The summed E-state index contributed by atoms with van der Waals surface area (Å²) in [6, 6.07) is 4.38. The fraction of sp³-hybridized carbons (Fsp3) is 0.500. The summed E-state index contributed by atoms with van der Waals surface area (Å²) >= 11 is 0. The van der Waals surface area contributed by atoms with Gasteiger partial charge in [0.1, 0.15) is 5.41 Å². The molecule has 1 aromatic carbocycles. The molecular formula is C16H19F3N2O2. The van der Waals surface area contributed by atoms with Crippen molar-refractivity contribution < 1.29 is 22.8 Å². The summed E-state index contributed by atoms with van der Waals surface area (Å²) in [4.78, 5) is 24.4. The highest BCUT2D eigenvalue weighted by Gasteiger charge is 2.56. The number of carbonyl (C=O) groups is 2. The number of nitrogens with one attached hydrogen (secondary N) is 2. The monoisotopic (exact) mass is 328 g/mol. The van der Waals surface area contributed by atoms with Crippen LogP contribution in [0.15, 0.2) is 24.3 Å². The first-order chi connectivity index (χ1) is 10.6. The van der Waals surface area contributed by atoms with Gasteiger partial charge in [-0.05, 0) is 37.0 Å². The van der Waals surface area contributed by atoms with Crippen LogP contribution in [0.25, 0.3) is 0 Å². The van der Waals surface area contributed by atoms with E-state index in [-0.39, 0.29) is 17.5 Å². The standard InChI is InChI=1S/C16H19F3N2O2/c1-10(2)9-20-13(22)15(6-7-15)14(23)21-12-5-3-4-11(8-12)16(17,18)19/h3-5,8,10H,6-7,9H2,1-2H3,(H,20,22)(H,21,23). The van der Waals surface area contributed by atoms with Crippen LogP contribution in [0, 0.1) is 11.3 Å². The molecule has 0 heterocycles. The smallest absolute Gasteiger partial charge is 0.355 e. The summed E-state index contributed by atoms with van der Waals surface area (Å²) in [5, 5.41) is 5.13. The summed E-state index contributed by atoms with van der Waals surface area (Å²) in [5.74, 6) is -0.671. The van der Waals surface area contributed by atoms with Gasteiger partial charge in [0.15, 0.2) is 0 Å². The van der Waals surface area contributed by atoms with Crippen LogP contribution in [0.5, 0.6) is 0 Å². The first-order valence-corrected chi connectivity index (χ1v) is 7.42. The highest BCUT2D eigenvalue weighted by Crippen LogP contribution is 2.47. The van der Waals surface area contributed by atoms with Gasteiger partial charge in [0.05, 0.1) is 5.56 Å². The molecule has 1 aliphatic rings. The van der Waals surface area contributed by atoms with E-state index >= 15 is 0 Å². The lowest BCUT2D eigenvalue weighted by molar-refractivity contribution is -0.138. The molecule has 126 valence electrons. The van der Waals surface area contributed by atoms with E-state index < -0.39 is 23.1 Å². The summed E-state index contributed by atoms with van der Waals surface area (Å²) in [5.41, 5.74) is -1.96. The minimum absolute atomic E-state index is 0.0350. The number of hydrogen-bond acceptors (Lipinski definition) is 2. The van der Waals surface area contributed by atoms with Gasteiger partial charge in [-0.3, -0.25) is 9.59 Å². The van der Waals surface area contributed by atoms with Gasteiger partial charge in [-0.1, -0.05) is 19.9 Å². The molecule has 1 fully saturated rings. The summed E-state index contributed by atoms with van der Waals surface area (Å²) in [6.45, 7) is 4.32. The zero-order valence-corrected chi connectivity index (χ0v) is 13.0. The van der Waals surface area contributed by atoms with Crippen molar-refractivity contribution in [3.63, 3.8) is 0 Å². The van der Waals surface area contributed by atoms with E-state index in [4.69, 9.17) is 0 Å². The highest BCUT2D eigenvalue weighted by atomic mass is 19.4. The summed E-state index contributed by atoms with van der Waals surface area (Å²) in [7, 11) is 0. The third-order valence-electron chi connectivity index (χ3n) is 3.74. The van der Waals surface area contributed by atoms with E-state index in [2.05, 4.69) is 10.6 Å². The molecule has 1 aliphatic carbocycles. The van der Waals surface area contributed by atoms with E-state index in [1.807, 2.05) is 13.8 Å². The van der Waals surface area contributed by atoms with Crippen molar-refractivity contribution in [3.05, 3.63) is 29.8 Å². The molecule has 0 spiro atoms. The Morgan fingerprint density at radius 1 is 1.22 bits per heavy atom. The largest absolute Gasteiger partial charge is 0.416 e. The molecule has 0 aromatic heterocycles. The number of anilines is 1. The molecule has 0 saturated heterocycles. The van der Waals surface area contributed by atoms with Crippen molar-refractivity contribution in [2.45, 2.75) is 32.9 Å². The molecule has 0 unspecified atom stereocenters. The van der Waals surface area contributed by atoms with Crippen molar-refractivity contribution in [2.24, 2.45) is 11.3 Å². The third-order valence-corrected chi connectivity index (χ3v) is 3.74. The number of halogens is 3. The molecule has 1 saturated carbocycles. The molecule has 4 nitrogen and oxygen atoms in total. The lowest BCUT2D eigenvalue weighted by atomic mass is 10.0. The minimum Gasteiger partial charge on any atom is -0.355 e. The molecule has 0 bridgehead atoms. The van der Waals surface area contributed by atoms with Crippen LogP contribution in [0.4, 0.5) is 18.9 Å². The molecule has 2 amide bonds. The van der Waals surface area contributed by atoms with Gasteiger partial charge in [0, 0.05) is 12.2 Å². The average Bonchev–Trinajstić information content (AvgIpc) is 3.25. The fourth-order valence-corrected chi connectivity index (χ4v) is 2.17. The van der Waals surface area contributed by atoms with E-state index in [1.165, 1.54) is 12.1 Å². The maximum Gasteiger partial charge on any atom is 0.416 e. The van der Waals surface area contributed by atoms with Gasteiger partial charge < -0.3 is 10.6 Å². The molecular weight excluding hydrogens is 309 g/mol. The van der Waals surface area contributed by atoms with Crippen molar-refractivity contribution in [2.75, 3.05) is 11.9 Å². The van der Waals surface area contributed by atoms with Crippen LogP contribution in [0.2, 0.25) is 0 Å². The average molecular weight is 328 g/mol. The van der Waals surface area contributed by atoms with E-state index in [0.29, 0.717) is 19.4 Å². The van der Waals surface area contributed by atoms with Gasteiger partial charge in [0.2, 0.25) is 11.8 Å². The number of hydrogen-bond donors (Lipinski definition) is 2. The highest BCUT2D eigenvalue weighted by molar-refractivity contribution is 6.13. The third kappa shape index (κ3) is 4.03. The molecule has 1 aromatic rings. The maximum atomic E-state index is 12.7. The van der Waals surface area contributed by atoms with Gasteiger partial charge in [0.25, 0.3) is 0 Å². The van der Waals surface area contributed by atoms with Crippen LogP contribution < -0.4 is 10.6 Å². The first-order valence-electron chi connectivity index (χ1n) is 7.42. The van der Waals surface area contributed by atoms with E-state index in [1.54, 1.807) is 0 Å². The normalized spacial score (nSPS) is 16.1. The molecule has 7 heteroatoms. The molecule has 0 aliphatic heterocycles. The maximum absolute atomic E-state index is 12.7. The Morgan fingerprint density at radius 3 is 2.39 bits per heavy atom. The fourth-order valence-electron chi connectivity index (χ4n) is 2.17. The van der Waals surface area contributed by atoms with Gasteiger partial charge in [-0.25, -0.2) is 0 Å². The Balaban J connectivity index is 2.06. The molecule has 0 radical (unpaired) electrons. The number of alkyl halides is 3. The Kier molecular flexibility index (Phi) is 4.68. The predicted molar refractivity (Wildman–Crippen MR) is 79.6 cm³/mol. The molecule has 23 heavy (non-hydrogen) atoms. The number of rotatable bonds is 5. The van der Waals surface area contributed by atoms with Crippen molar-refractivity contribution in [3.8, 4) is 0 Å². The molecule has 0 atom stereocenters.